The lowest BCUT2D eigenvalue weighted by molar-refractivity contribution is -0.0503. The highest BCUT2D eigenvalue weighted by Crippen LogP contribution is 2.39. The largest absolute Gasteiger partial charge is 0.314 e. The topological polar surface area (TPSA) is 12.0 Å². The molecule has 0 heterocycles. The van der Waals surface area contributed by atoms with Gasteiger partial charge in [-0.1, -0.05) is 32.6 Å². The Hall–Kier alpha value is -0.180. The Morgan fingerprint density at radius 1 is 1.11 bits per heavy atom. The van der Waals surface area contributed by atoms with Gasteiger partial charge in [-0.15, -0.1) is 0 Å². The molecule has 0 aromatic rings. The average molecular weight is 273 g/mol. The van der Waals surface area contributed by atoms with Gasteiger partial charge in [0, 0.05) is 18.9 Å². The highest BCUT2D eigenvalue weighted by Gasteiger charge is 2.38. The average Bonchev–Trinajstić information content (AvgIpc) is 2.87. The Labute approximate surface area is 116 Å². The number of halogens is 2. The van der Waals surface area contributed by atoms with Crippen LogP contribution >= 0.6 is 0 Å². The molecule has 0 aliphatic heterocycles. The SMILES string of the molecule is CCCNC(CC1CCCC1)C1CCC(F)(F)CC1. The van der Waals surface area contributed by atoms with Crippen LogP contribution in [-0.4, -0.2) is 18.5 Å². The third kappa shape index (κ3) is 4.70. The number of rotatable bonds is 6. The molecule has 0 radical (unpaired) electrons. The van der Waals surface area contributed by atoms with Gasteiger partial charge >= 0.3 is 0 Å². The molecule has 1 unspecified atom stereocenters. The fourth-order valence-corrected chi connectivity index (χ4v) is 3.84. The zero-order valence-electron chi connectivity index (χ0n) is 12.3. The van der Waals surface area contributed by atoms with Crippen LogP contribution in [0.3, 0.4) is 0 Å². The first kappa shape index (κ1) is 15.2. The van der Waals surface area contributed by atoms with Gasteiger partial charge < -0.3 is 5.32 Å². The van der Waals surface area contributed by atoms with E-state index in [1.165, 1.54) is 32.1 Å². The zero-order chi connectivity index (χ0) is 13.7. The molecule has 2 aliphatic rings. The second kappa shape index (κ2) is 7.01. The number of nitrogens with one attached hydrogen (secondary N) is 1. The van der Waals surface area contributed by atoms with E-state index in [4.69, 9.17) is 0 Å². The van der Waals surface area contributed by atoms with Crippen molar-refractivity contribution in [3.8, 4) is 0 Å². The minimum Gasteiger partial charge on any atom is -0.314 e. The van der Waals surface area contributed by atoms with E-state index in [0.29, 0.717) is 24.8 Å². The first-order chi connectivity index (χ1) is 9.11. The number of hydrogen-bond donors (Lipinski definition) is 1. The van der Waals surface area contributed by atoms with Gasteiger partial charge in [-0.2, -0.15) is 0 Å². The molecular formula is C16H29F2N. The lowest BCUT2D eigenvalue weighted by Crippen LogP contribution is -2.41. The van der Waals surface area contributed by atoms with Crippen LogP contribution in [-0.2, 0) is 0 Å². The molecule has 19 heavy (non-hydrogen) atoms. The molecule has 0 amide bonds. The van der Waals surface area contributed by atoms with Gasteiger partial charge in [0.1, 0.15) is 0 Å². The maximum absolute atomic E-state index is 13.3. The van der Waals surface area contributed by atoms with Gasteiger partial charge in [0.15, 0.2) is 0 Å². The first-order valence-corrected chi connectivity index (χ1v) is 8.22. The summed E-state index contributed by atoms with van der Waals surface area (Å²) in [6.45, 7) is 3.21. The van der Waals surface area contributed by atoms with Crippen LogP contribution in [0, 0.1) is 11.8 Å². The van der Waals surface area contributed by atoms with Crippen LogP contribution in [0.25, 0.3) is 0 Å². The van der Waals surface area contributed by atoms with Crippen molar-refractivity contribution in [3.63, 3.8) is 0 Å². The van der Waals surface area contributed by atoms with Crippen LogP contribution in [0.5, 0.6) is 0 Å². The lowest BCUT2D eigenvalue weighted by Gasteiger charge is -2.35. The van der Waals surface area contributed by atoms with E-state index < -0.39 is 5.92 Å². The lowest BCUT2D eigenvalue weighted by atomic mass is 9.79. The molecule has 0 aromatic heterocycles. The minimum absolute atomic E-state index is 0.104. The van der Waals surface area contributed by atoms with Gasteiger partial charge in [-0.25, -0.2) is 8.78 Å². The van der Waals surface area contributed by atoms with Gasteiger partial charge in [-0.05, 0) is 44.1 Å². The Morgan fingerprint density at radius 3 is 2.32 bits per heavy atom. The van der Waals surface area contributed by atoms with Crippen LogP contribution in [0.1, 0.15) is 71.1 Å². The van der Waals surface area contributed by atoms with Gasteiger partial charge in [0.2, 0.25) is 5.92 Å². The first-order valence-electron chi connectivity index (χ1n) is 8.22. The van der Waals surface area contributed by atoms with Gasteiger partial charge in [0.25, 0.3) is 0 Å². The minimum atomic E-state index is -2.39. The van der Waals surface area contributed by atoms with Crippen molar-refractivity contribution in [1.82, 2.24) is 5.32 Å². The Bertz CT molecular complexity index is 251. The summed E-state index contributed by atoms with van der Waals surface area (Å²) in [7, 11) is 0. The van der Waals surface area contributed by atoms with E-state index in [9.17, 15) is 8.78 Å². The summed E-state index contributed by atoms with van der Waals surface area (Å²) in [6.07, 6.45) is 9.42. The number of hydrogen-bond acceptors (Lipinski definition) is 1. The molecule has 112 valence electrons. The summed E-state index contributed by atoms with van der Waals surface area (Å²) in [5, 5.41) is 3.65. The maximum atomic E-state index is 13.3. The van der Waals surface area contributed by atoms with E-state index >= 15 is 0 Å². The van der Waals surface area contributed by atoms with Crippen LogP contribution in [0.2, 0.25) is 0 Å². The van der Waals surface area contributed by atoms with Crippen LogP contribution in [0.4, 0.5) is 8.78 Å². The fraction of sp³-hybridized carbons (Fsp3) is 1.00. The zero-order valence-corrected chi connectivity index (χ0v) is 12.3. The predicted octanol–water partition coefficient (Wildman–Crippen LogP) is 4.76. The van der Waals surface area contributed by atoms with Gasteiger partial charge in [0.05, 0.1) is 0 Å². The standard InChI is InChI=1S/C16H29F2N/c1-2-11-19-15(12-13-5-3-4-6-13)14-7-9-16(17,18)10-8-14/h13-15,19H,2-12H2,1H3. The van der Waals surface area contributed by atoms with Crippen LogP contribution < -0.4 is 5.32 Å². The summed E-state index contributed by atoms with van der Waals surface area (Å²) < 4.78 is 26.6. The Morgan fingerprint density at radius 2 is 1.74 bits per heavy atom. The monoisotopic (exact) mass is 273 g/mol. The molecule has 1 atom stereocenters. The smallest absolute Gasteiger partial charge is 0.248 e. The third-order valence-electron chi connectivity index (χ3n) is 5.05. The van der Waals surface area contributed by atoms with E-state index in [1.807, 2.05) is 0 Å². The maximum Gasteiger partial charge on any atom is 0.248 e. The summed E-state index contributed by atoms with van der Waals surface area (Å²) >= 11 is 0. The molecule has 0 saturated heterocycles. The van der Waals surface area contributed by atoms with Crippen molar-refractivity contribution in [3.05, 3.63) is 0 Å². The highest BCUT2D eigenvalue weighted by atomic mass is 19.3. The van der Waals surface area contributed by atoms with E-state index in [0.717, 1.165) is 18.9 Å². The van der Waals surface area contributed by atoms with Crippen molar-refractivity contribution in [2.75, 3.05) is 6.54 Å². The van der Waals surface area contributed by atoms with Crippen molar-refractivity contribution >= 4 is 0 Å². The summed E-state index contributed by atoms with van der Waals surface area (Å²) in [4.78, 5) is 0. The van der Waals surface area contributed by atoms with Crippen molar-refractivity contribution in [1.29, 1.82) is 0 Å². The normalized spacial score (nSPS) is 26.7. The molecule has 1 N–H and O–H groups in total. The quantitative estimate of drug-likeness (QED) is 0.735. The van der Waals surface area contributed by atoms with Gasteiger partial charge in [-0.3, -0.25) is 0 Å². The highest BCUT2D eigenvalue weighted by molar-refractivity contribution is 4.87. The van der Waals surface area contributed by atoms with E-state index in [2.05, 4.69) is 12.2 Å². The van der Waals surface area contributed by atoms with Crippen molar-refractivity contribution < 1.29 is 8.78 Å². The molecule has 2 aliphatic carbocycles. The second-order valence-corrected chi connectivity index (χ2v) is 6.64. The van der Waals surface area contributed by atoms with Crippen molar-refractivity contribution in [2.24, 2.45) is 11.8 Å². The van der Waals surface area contributed by atoms with E-state index in [1.54, 1.807) is 0 Å². The predicted molar refractivity (Wildman–Crippen MR) is 75.6 cm³/mol. The second-order valence-electron chi connectivity index (χ2n) is 6.64. The Balaban J connectivity index is 1.85. The molecule has 0 spiro atoms. The molecule has 3 heteroatoms. The molecule has 2 fully saturated rings. The summed E-state index contributed by atoms with van der Waals surface area (Å²) in [5.41, 5.74) is 0. The van der Waals surface area contributed by atoms with Crippen molar-refractivity contribution in [2.45, 2.75) is 83.1 Å². The summed E-state index contributed by atoms with van der Waals surface area (Å²) in [6, 6.07) is 0.485. The molecule has 2 saturated carbocycles. The summed E-state index contributed by atoms with van der Waals surface area (Å²) in [5.74, 6) is -1.07. The molecule has 2 rings (SSSR count). The fourth-order valence-electron chi connectivity index (χ4n) is 3.84. The molecule has 0 aromatic carbocycles. The molecule has 0 bridgehead atoms. The van der Waals surface area contributed by atoms with E-state index in [-0.39, 0.29) is 12.8 Å². The molecule has 1 nitrogen and oxygen atoms in total. The third-order valence-corrected chi connectivity index (χ3v) is 5.05. The Kier molecular flexibility index (Phi) is 5.61. The molecular weight excluding hydrogens is 244 g/mol. The number of alkyl halides is 2. The van der Waals surface area contributed by atoms with Crippen LogP contribution in [0.15, 0.2) is 0 Å².